The maximum Gasteiger partial charge on any atom is 0.490 e. The van der Waals surface area contributed by atoms with Gasteiger partial charge in [0.05, 0.1) is 35.4 Å². The molecule has 4 aliphatic rings. The van der Waals surface area contributed by atoms with Crippen molar-refractivity contribution >= 4 is 67.2 Å². The van der Waals surface area contributed by atoms with Gasteiger partial charge in [-0.15, -0.1) is 0 Å². The Balaban J connectivity index is 1.12. The number of fused-ring (bicyclic) bond motifs is 2. The Bertz CT molecular complexity index is 3930. The molecule has 1 fully saturated rings. The molecular weight excluding hydrogens is 1210 g/mol. The molecule has 4 heterocycles. The molecule has 3 aromatic rings. The summed E-state index contributed by atoms with van der Waals surface area (Å²) in [6.45, 7) is 8.01. The first-order valence-corrected chi connectivity index (χ1v) is 33.2. The Morgan fingerprint density at radius 2 is 1.65 bits per heavy atom. The molecule has 3 unspecified atom stereocenters. The fourth-order valence-corrected chi connectivity index (χ4v) is 13.9. The molecule has 2 aromatic carbocycles. The van der Waals surface area contributed by atoms with Crippen molar-refractivity contribution in [3.63, 3.8) is 0 Å². The number of allylic oxidation sites excluding steroid dienone is 3. The molecule has 28 nitrogen and oxygen atoms in total. The topological polar surface area (TPSA) is 428 Å². The van der Waals surface area contributed by atoms with E-state index in [9.17, 15) is 69.2 Å². The zero-order valence-electron chi connectivity index (χ0n) is 45.4. The summed E-state index contributed by atoms with van der Waals surface area (Å²) in [4.78, 5) is 68.1. The van der Waals surface area contributed by atoms with E-state index in [1.54, 1.807) is 0 Å². The minimum absolute atomic E-state index is 0.0422. The van der Waals surface area contributed by atoms with Gasteiger partial charge in [0.1, 0.15) is 48.7 Å². The third kappa shape index (κ3) is 16.1. The molecule has 1 aliphatic carbocycles. The van der Waals surface area contributed by atoms with Crippen molar-refractivity contribution in [2.75, 3.05) is 49.2 Å². The normalized spacial score (nSPS) is 21.0. The summed E-state index contributed by atoms with van der Waals surface area (Å²) in [7, 11) is -26.4. The predicted molar refractivity (Wildman–Crippen MR) is 303 cm³/mol. The van der Waals surface area contributed by atoms with Gasteiger partial charge in [-0.3, -0.25) is 23.0 Å². The second-order valence-corrected chi connectivity index (χ2v) is 26.9. The van der Waals surface area contributed by atoms with Gasteiger partial charge in [0.15, 0.2) is 6.23 Å². The van der Waals surface area contributed by atoms with Gasteiger partial charge in [0, 0.05) is 58.7 Å². The van der Waals surface area contributed by atoms with Crippen LogP contribution in [0.1, 0.15) is 74.9 Å². The molecule has 84 heavy (non-hydrogen) atoms. The van der Waals surface area contributed by atoms with Gasteiger partial charge in [-0.2, -0.15) is 30.4 Å². The lowest BCUT2D eigenvalue weighted by molar-refractivity contribution is -0.121. The maximum absolute atomic E-state index is 13.4. The van der Waals surface area contributed by atoms with Crippen LogP contribution in [-0.2, 0) is 62.0 Å². The lowest BCUT2D eigenvalue weighted by Gasteiger charge is -2.30. The fourth-order valence-electron chi connectivity index (χ4n) is 9.83. The van der Waals surface area contributed by atoms with Crippen LogP contribution in [0.15, 0.2) is 105 Å². The number of aliphatic hydroxyl groups is 2. The van der Waals surface area contributed by atoms with E-state index in [-0.39, 0.29) is 44.3 Å². The molecule has 0 bridgehead atoms. The third-order valence-corrected chi connectivity index (χ3v) is 19.2. The molecule has 11 N–H and O–H groups in total. The number of aromatic nitrogens is 2. The first-order valence-electron chi connectivity index (χ1n) is 25.6. The zero-order chi connectivity index (χ0) is 61.7. The number of aliphatic hydroxyl groups excluding tert-OH is 2. The van der Waals surface area contributed by atoms with Gasteiger partial charge in [-0.05, 0) is 88.4 Å². The highest BCUT2D eigenvalue weighted by Gasteiger charge is 2.48. The van der Waals surface area contributed by atoms with Gasteiger partial charge < -0.3 is 54.9 Å². The van der Waals surface area contributed by atoms with Crippen LogP contribution in [0, 0.1) is 18.8 Å². The molecule has 0 spiro atoms. The number of nitrogens with two attached hydrogens (primary N) is 1. The molecule has 3 aliphatic heterocycles. The lowest BCUT2D eigenvalue weighted by Crippen LogP contribution is -2.36. The Kier molecular flexibility index (Phi) is 20.5. The number of amides is 1. The van der Waals surface area contributed by atoms with E-state index in [0.717, 1.165) is 46.9 Å². The molecule has 0 radical (unpaired) electrons. The largest absolute Gasteiger partial charge is 0.490 e. The van der Waals surface area contributed by atoms with Crippen molar-refractivity contribution in [2.45, 2.75) is 88.2 Å². The molecule has 33 heteroatoms. The molecule has 7 atom stereocenters. The van der Waals surface area contributed by atoms with Gasteiger partial charge in [0.25, 0.3) is 20.2 Å². The highest BCUT2D eigenvalue weighted by molar-refractivity contribution is 7.86. The Morgan fingerprint density at radius 3 is 2.31 bits per heavy atom. The molecule has 1 amide bonds. The van der Waals surface area contributed by atoms with Crippen LogP contribution < -0.4 is 31.6 Å². The second kappa shape index (κ2) is 26.3. The summed E-state index contributed by atoms with van der Waals surface area (Å²) in [6, 6.07) is 19.7. The number of carbonyl (C=O) groups excluding carboxylic acids is 1. The number of nitrogens with zero attached hydrogens (tertiary/aromatic N) is 4. The lowest BCUT2D eigenvalue weighted by atomic mass is 9.77. The Hall–Kier alpha value is -6.03. The van der Waals surface area contributed by atoms with Crippen LogP contribution in [0.2, 0.25) is 0 Å². The average Bonchev–Trinajstić information content (AvgIpc) is 1.67. The van der Waals surface area contributed by atoms with Crippen molar-refractivity contribution in [3.05, 3.63) is 129 Å². The van der Waals surface area contributed by atoms with E-state index < -0.39 is 108 Å². The van der Waals surface area contributed by atoms with Crippen molar-refractivity contribution in [3.8, 4) is 34.5 Å². The number of phosphoric ester groups is 1. The number of ether oxygens (including phenoxy) is 1. The fraction of sp³-hybridized carbons (Fsp3) is 0.373. The van der Waals surface area contributed by atoms with Crippen LogP contribution in [0.3, 0.4) is 0 Å². The number of benzene rings is 3. The number of anilines is 2. The van der Waals surface area contributed by atoms with Crippen molar-refractivity contribution in [1.29, 1.82) is 0 Å². The highest BCUT2D eigenvalue weighted by Crippen LogP contribution is 2.66. The van der Waals surface area contributed by atoms with Gasteiger partial charge in [-0.1, -0.05) is 54.3 Å². The van der Waals surface area contributed by atoms with Crippen LogP contribution in [0.25, 0.3) is 28.7 Å². The average molecular weight is 1270 g/mol. The van der Waals surface area contributed by atoms with E-state index >= 15 is 0 Å². The summed E-state index contributed by atoms with van der Waals surface area (Å²) < 4.78 is 131. The summed E-state index contributed by atoms with van der Waals surface area (Å²) in [5.41, 5.74) is 8.42. The van der Waals surface area contributed by atoms with Crippen molar-refractivity contribution < 1.29 is 96.5 Å². The van der Waals surface area contributed by atoms with Crippen LogP contribution in [-0.4, -0.2) is 128 Å². The number of carbonyl (C=O) groups is 1. The number of nitrogens with one attached hydrogen (secondary N) is 1. The van der Waals surface area contributed by atoms with E-state index in [0.29, 0.717) is 33.0 Å². The van der Waals surface area contributed by atoms with Crippen LogP contribution >= 0.6 is 23.5 Å². The smallest absolute Gasteiger partial charge is 0.456 e. The van der Waals surface area contributed by atoms with Gasteiger partial charge in [-0.25, -0.2) is 23.1 Å². The summed E-state index contributed by atoms with van der Waals surface area (Å²) in [5, 5.41) is 25.0. The van der Waals surface area contributed by atoms with Crippen LogP contribution in [0.4, 0.5) is 11.5 Å². The van der Waals surface area contributed by atoms with E-state index in [4.69, 9.17) is 24.7 Å². The SMILES string of the molecule is CC[N+](CC)=c1ccc2c(/C=C/C=C3\N(CCCS(=O)(=O)O)c4ccc(S(=O)(=O)O)cc4C3(C)CCCC(=O)NCC#Cc3cn([C@@H]4O[C@H](COP(=O)(O)OP(=O)(O)OP(=O)(O)O)[C@@H](O)[C@H]4O)c(=O)nc3N)c(C)c(-c3ccccc3)oc-2c1. The maximum atomic E-state index is 13.4. The number of hydrogen-bond acceptors (Lipinski definition) is 19. The molecule has 1 aromatic heterocycles. The molecule has 7 rings (SSSR count). The minimum atomic E-state index is -5.89. The first kappa shape index (κ1) is 65.5. The summed E-state index contributed by atoms with van der Waals surface area (Å²) in [6.07, 6.45) is -0.685. The number of hydrogen-bond donors (Lipinski definition) is 10. The van der Waals surface area contributed by atoms with Gasteiger partial charge >= 0.3 is 29.2 Å². The summed E-state index contributed by atoms with van der Waals surface area (Å²) >= 11 is 0. The zero-order valence-corrected chi connectivity index (χ0v) is 49.7. The van der Waals surface area contributed by atoms with E-state index in [2.05, 4.69) is 53.7 Å². The quantitative estimate of drug-likeness (QED) is 0.0192. The third-order valence-electron chi connectivity index (χ3n) is 13.8. The summed E-state index contributed by atoms with van der Waals surface area (Å²) in [5.74, 6) is 5.09. The first-order chi connectivity index (χ1) is 39.2. The highest BCUT2D eigenvalue weighted by atomic mass is 32.2. The van der Waals surface area contributed by atoms with Crippen molar-refractivity contribution in [2.24, 2.45) is 0 Å². The Morgan fingerprint density at radius 1 is 0.952 bits per heavy atom. The van der Waals surface area contributed by atoms with E-state index in [1.807, 2.05) is 85.5 Å². The van der Waals surface area contributed by atoms with E-state index in [1.165, 1.54) is 18.2 Å². The number of phosphoric acid groups is 3. The second-order valence-electron chi connectivity index (χ2n) is 19.5. The minimum Gasteiger partial charge on any atom is -0.456 e. The molecule has 454 valence electrons. The number of nitrogen functional groups attached to an aromatic ring is 1. The van der Waals surface area contributed by atoms with Crippen molar-refractivity contribution in [1.82, 2.24) is 19.4 Å². The monoisotopic (exact) mass is 1270 g/mol. The Labute approximate surface area is 481 Å². The molecule has 1 saturated heterocycles. The predicted octanol–water partition coefficient (Wildman–Crippen LogP) is 3.81. The molecule has 0 saturated carbocycles. The molecular formula is C51H62N6O22P3S2+. The van der Waals surface area contributed by atoms with Gasteiger partial charge in [0.2, 0.25) is 11.3 Å². The standard InChI is InChI=1S/C51H61N6O22P3S2/c1-5-55(6-2)35-20-22-38-37(32(3)47(76-41(38)28-35)33-14-8-7-9-15-33)17-10-18-43-51(4,39-29-36(84(72,73)74)21-23-40(39)56(43)26-13-27-83(69,70)71)24-11-19-44(58)53-25-12-16-34-30-57(50(61)54-48(34)52)49-46(60)45(59)42(77-49)31-75-81(65,66)79-82(67,68)78-80(62,63)64/h7-10,14-15,17-18,20-23,28-30,42,45-46,49,59-60H,5-6,11,13,19,24-27,31H2,1-4H3,(H8-,52,53,54,58,61,62,63,64,65,66,67,68,69,70,71,72,73,74)/p+1/t42-,45-,46-,49-,51?/m1/s1. The van der Waals surface area contributed by atoms with Crippen LogP contribution in [0.5, 0.6) is 0 Å². The number of rotatable bonds is 23.